The van der Waals surface area contributed by atoms with Crippen LogP contribution in [0.3, 0.4) is 0 Å². The second kappa shape index (κ2) is 9.76. The number of carbonyl (C=O) groups excluding carboxylic acids is 1. The van der Waals surface area contributed by atoms with E-state index in [1.165, 1.54) is 31.0 Å². The second-order valence-electron chi connectivity index (χ2n) is 7.05. The number of piperidine rings is 1. The van der Waals surface area contributed by atoms with Gasteiger partial charge in [-0.2, -0.15) is 0 Å². The maximum Gasteiger partial charge on any atom is 0.230 e. The van der Waals surface area contributed by atoms with Crippen molar-refractivity contribution in [3.63, 3.8) is 0 Å². The molecule has 1 aromatic carbocycles. The fourth-order valence-corrected chi connectivity index (χ4v) is 4.23. The minimum Gasteiger partial charge on any atom is -0.467 e. The smallest absolute Gasteiger partial charge is 0.230 e. The summed E-state index contributed by atoms with van der Waals surface area (Å²) in [5.74, 6) is 1.86. The van der Waals surface area contributed by atoms with Crippen molar-refractivity contribution in [2.45, 2.75) is 37.5 Å². The van der Waals surface area contributed by atoms with Gasteiger partial charge in [0.1, 0.15) is 5.76 Å². The van der Waals surface area contributed by atoms with Gasteiger partial charge in [-0.3, -0.25) is 14.3 Å². The number of aromatic nitrogens is 3. The number of thioether (sulfide) groups is 1. The molecule has 1 aliphatic heterocycles. The highest BCUT2D eigenvalue weighted by molar-refractivity contribution is 7.99. The minimum atomic E-state index is -0.0633. The molecule has 1 aliphatic rings. The lowest BCUT2D eigenvalue weighted by Gasteiger charge is -2.26. The summed E-state index contributed by atoms with van der Waals surface area (Å²) in [6.07, 6.45) is 5.37. The molecule has 1 amide bonds. The van der Waals surface area contributed by atoms with E-state index in [0.717, 1.165) is 42.1 Å². The van der Waals surface area contributed by atoms with Crippen LogP contribution in [0.25, 0.3) is 5.69 Å². The lowest BCUT2D eigenvalue weighted by atomic mass is 10.1. The van der Waals surface area contributed by atoms with Crippen LogP contribution in [-0.2, 0) is 17.9 Å². The standard InChI is InChI=1S/C21H25N5O2S/c27-20(22-14-18-10-7-13-28-18)16-29-21-24-23-19(15-25-11-5-2-6-12-25)26(21)17-8-3-1-4-9-17/h1,3-4,7-10,13H,2,5-6,11-12,14-16H2,(H,22,27). The summed E-state index contributed by atoms with van der Waals surface area (Å²) < 4.78 is 7.32. The van der Waals surface area contributed by atoms with Crippen LogP contribution < -0.4 is 5.32 Å². The van der Waals surface area contributed by atoms with Crippen LogP contribution in [0.1, 0.15) is 30.8 Å². The van der Waals surface area contributed by atoms with Crippen LogP contribution in [0.15, 0.2) is 58.3 Å². The summed E-state index contributed by atoms with van der Waals surface area (Å²) in [6.45, 7) is 3.35. The SMILES string of the molecule is O=C(CSc1nnc(CN2CCCCC2)n1-c1ccccc1)NCc1ccco1. The van der Waals surface area contributed by atoms with E-state index in [0.29, 0.717) is 6.54 Å². The van der Waals surface area contributed by atoms with Gasteiger partial charge < -0.3 is 9.73 Å². The van der Waals surface area contributed by atoms with Crippen molar-refractivity contribution in [2.75, 3.05) is 18.8 Å². The van der Waals surface area contributed by atoms with Gasteiger partial charge in [0.15, 0.2) is 11.0 Å². The van der Waals surface area contributed by atoms with Crippen molar-refractivity contribution in [1.29, 1.82) is 0 Å². The average Bonchev–Trinajstić information content (AvgIpc) is 3.42. The zero-order valence-corrected chi connectivity index (χ0v) is 17.1. The number of nitrogens with zero attached hydrogens (tertiary/aromatic N) is 4. The lowest BCUT2D eigenvalue weighted by molar-refractivity contribution is -0.118. The number of nitrogens with one attached hydrogen (secondary N) is 1. The molecule has 3 aromatic rings. The number of hydrogen-bond acceptors (Lipinski definition) is 6. The molecule has 1 fully saturated rings. The summed E-state index contributed by atoms with van der Waals surface area (Å²) in [4.78, 5) is 14.7. The van der Waals surface area contributed by atoms with Gasteiger partial charge in [-0.1, -0.05) is 36.4 Å². The summed E-state index contributed by atoms with van der Waals surface area (Å²) in [7, 11) is 0. The second-order valence-corrected chi connectivity index (χ2v) is 7.99. The van der Waals surface area contributed by atoms with Crippen molar-refractivity contribution < 1.29 is 9.21 Å². The Kier molecular flexibility index (Phi) is 6.63. The number of likely N-dealkylation sites (tertiary alicyclic amines) is 1. The quantitative estimate of drug-likeness (QED) is 0.574. The molecule has 0 unspecified atom stereocenters. The Morgan fingerprint density at radius 2 is 1.90 bits per heavy atom. The predicted molar refractivity (Wildman–Crippen MR) is 112 cm³/mol. The third kappa shape index (κ3) is 5.27. The molecule has 2 aromatic heterocycles. The van der Waals surface area contributed by atoms with E-state index in [1.54, 1.807) is 6.26 Å². The summed E-state index contributed by atoms with van der Waals surface area (Å²) in [5.41, 5.74) is 1.02. The van der Waals surface area contributed by atoms with E-state index < -0.39 is 0 Å². The van der Waals surface area contributed by atoms with Crippen LogP contribution >= 0.6 is 11.8 Å². The van der Waals surface area contributed by atoms with Crippen molar-refractivity contribution in [1.82, 2.24) is 25.0 Å². The Morgan fingerprint density at radius 1 is 1.07 bits per heavy atom. The van der Waals surface area contributed by atoms with Gasteiger partial charge in [0.05, 0.1) is 25.1 Å². The highest BCUT2D eigenvalue weighted by atomic mass is 32.2. The third-order valence-electron chi connectivity index (χ3n) is 4.90. The number of furan rings is 1. The molecule has 4 rings (SSSR count). The van der Waals surface area contributed by atoms with Gasteiger partial charge in [0.25, 0.3) is 0 Å². The molecular formula is C21H25N5O2S. The summed E-state index contributed by atoms with van der Waals surface area (Å²) in [6, 6.07) is 13.7. The number of carbonyl (C=O) groups is 1. The fourth-order valence-electron chi connectivity index (χ4n) is 3.43. The topological polar surface area (TPSA) is 76.2 Å². The maximum absolute atomic E-state index is 12.2. The molecule has 0 radical (unpaired) electrons. The Labute approximate surface area is 174 Å². The molecular weight excluding hydrogens is 386 g/mol. The Bertz CT molecular complexity index is 905. The van der Waals surface area contributed by atoms with Crippen molar-refractivity contribution in [2.24, 2.45) is 0 Å². The molecule has 0 atom stereocenters. The van der Waals surface area contributed by atoms with Gasteiger partial charge in [0.2, 0.25) is 5.91 Å². The molecule has 29 heavy (non-hydrogen) atoms. The Hall–Kier alpha value is -2.58. The maximum atomic E-state index is 12.2. The predicted octanol–water partition coefficient (Wildman–Crippen LogP) is 3.25. The molecule has 3 heterocycles. The Morgan fingerprint density at radius 3 is 2.66 bits per heavy atom. The lowest BCUT2D eigenvalue weighted by Crippen LogP contribution is -2.30. The first-order valence-electron chi connectivity index (χ1n) is 9.93. The third-order valence-corrected chi connectivity index (χ3v) is 5.83. The van der Waals surface area contributed by atoms with Crippen molar-refractivity contribution >= 4 is 17.7 Å². The molecule has 1 saturated heterocycles. The van der Waals surface area contributed by atoms with Crippen LogP contribution in [-0.4, -0.2) is 44.4 Å². The average molecular weight is 412 g/mol. The normalized spacial score (nSPS) is 14.8. The van der Waals surface area contributed by atoms with E-state index in [9.17, 15) is 4.79 Å². The highest BCUT2D eigenvalue weighted by Crippen LogP contribution is 2.23. The first-order chi connectivity index (χ1) is 14.3. The summed E-state index contributed by atoms with van der Waals surface area (Å²) >= 11 is 1.40. The van der Waals surface area contributed by atoms with E-state index in [-0.39, 0.29) is 11.7 Å². The van der Waals surface area contributed by atoms with E-state index >= 15 is 0 Å². The zero-order valence-electron chi connectivity index (χ0n) is 16.3. The number of hydrogen-bond donors (Lipinski definition) is 1. The van der Waals surface area contributed by atoms with E-state index in [1.807, 2.05) is 42.5 Å². The van der Waals surface area contributed by atoms with Crippen LogP contribution in [0.5, 0.6) is 0 Å². The number of amides is 1. The fraction of sp³-hybridized carbons (Fsp3) is 0.381. The van der Waals surface area contributed by atoms with Gasteiger partial charge in [0, 0.05) is 5.69 Å². The zero-order chi connectivity index (χ0) is 19.9. The van der Waals surface area contributed by atoms with Crippen LogP contribution in [0.4, 0.5) is 0 Å². The molecule has 0 bridgehead atoms. The number of rotatable bonds is 8. The number of benzene rings is 1. The molecule has 152 valence electrons. The van der Waals surface area contributed by atoms with Gasteiger partial charge in [-0.05, 0) is 50.2 Å². The molecule has 8 heteroatoms. The number of para-hydroxylation sites is 1. The highest BCUT2D eigenvalue weighted by Gasteiger charge is 2.19. The summed E-state index contributed by atoms with van der Waals surface area (Å²) in [5, 5.41) is 12.4. The van der Waals surface area contributed by atoms with Gasteiger partial charge in [-0.15, -0.1) is 10.2 Å². The first-order valence-corrected chi connectivity index (χ1v) is 10.9. The van der Waals surface area contributed by atoms with Crippen molar-refractivity contribution in [3.8, 4) is 5.69 Å². The minimum absolute atomic E-state index is 0.0633. The Balaban J connectivity index is 1.44. The molecule has 0 aliphatic carbocycles. The molecule has 0 spiro atoms. The molecule has 1 N–H and O–H groups in total. The molecule has 0 saturated carbocycles. The monoisotopic (exact) mass is 411 g/mol. The largest absolute Gasteiger partial charge is 0.467 e. The van der Waals surface area contributed by atoms with Gasteiger partial charge in [-0.25, -0.2) is 0 Å². The first kappa shape index (κ1) is 19.7. The van der Waals surface area contributed by atoms with Crippen molar-refractivity contribution in [3.05, 3.63) is 60.3 Å². The van der Waals surface area contributed by atoms with Crippen LogP contribution in [0, 0.1) is 0 Å². The van der Waals surface area contributed by atoms with Gasteiger partial charge >= 0.3 is 0 Å². The van der Waals surface area contributed by atoms with Crippen LogP contribution in [0.2, 0.25) is 0 Å². The van der Waals surface area contributed by atoms with E-state index in [4.69, 9.17) is 4.42 Å². The van der Waals surface area contributed by atoms with E-state index in [2.05, 4.69) is 25.0 Å². The molecule has 7 nitrogen and oxygen atoms in total.